The van der Waals surface area contributed by atoms with Crippen molar-refractivity contribution in [2.24, 2.45) is 0 Å². The molecule has 0 unspecified atom stereocenters. The summed E-state index contributed by atoms with van der Waals surface area (Å²) in [4.78, 5) is 13.2. The van der Waals surface area contributed by atoms with Gasteiger partial charge in [-0.3, -0.25) is 9.48 Å². The van der Waals surface area contributed by atoms with Crippen LogP contribution in [0, 0.1) is 0 Å². The predicted molar refractivity (Wildman–Crippen MR) is 96.1 cm³/mol. The Morgan fingerprint density at radius 1 is 1.30 bits per heavy atom. The van der Waals surface area contributed by atoms with Gasteiger partial charge >= 0.3 is 0 Å². The second-order valence-electron chi connectivity index (χ2n) is 4.93. The maximum Gasteiger partial charge on any atom is 0.252 e. The van der Waals surface area contributed by atoms with Crippen molar-refractivity contribution in [2.45, 2.75) is 11.4 Å². The van der Waals surface area contributed by atoms with Crippen LogP contribution in [0.1, 0.15) is 10.4 Å². The highest BCUT2D eigenvalue weighted by molar-refractivity contribution is 7.98. The number of hydrogen-bond donors (Lipinski definition) is 1. The van der Waals surface area contributed by atoms with Gasteiger partial charge in [-0.2, -0.15) is 16.4 Å². The van der Waals surface area contributed by atoms with Crippen LogP contribution in [0.4, 0.5) is 0 Å². The molecule has 0 saturated heterocycles. The molecular weight excluding hydrogens is 326 g/mol. The second kappa shape index (κ2) is 7.48. The summed E-state index contributed by atoms with van der Waals surface area (Å²) in [5.74, 6) is -0.0415. The average Bonchev–Trinajstić information content (AvgIpc) is 3.26. The SMILES string of the molecule is CSc1ccccc1C(=O)NCCn1ccc(-c2ccsc2)n1. The van der Waals surface area contributed by atoms with Gasteiger partial charge in [-0.1, -0.05) is 12.1 Å². The number of thioether (sulfide) groups is 1. The number of hydrogen-bond acceptors (Lipinski definition) is 4. The van der Waals surface area contributed by atoms with Crippen LogP contribution in [0.3, 0.4) is 0 Å². The molecule has 1 amide bonds. The zero-order valence-electron chi connectivity index (χ0n) is 12.7. The Morgan fingerprint density at radius 2 is 2.17 bits per heavy atom. The van der Waals surface area contributed by atoms with Gasteiger partial charge in [-0.25, -0.2) is 0 Å². The van der Waals surface area contributed by atoms with Crippen LogP contribution in [-0.4, -0.2) is 28.5 Å². The Bertz CT molecular complexity index is 781. The first-order valence-electron chi connectivity index (χ1n) is 7.25. The number of rotatable bonds is 6. The van der Waals surface area contributed by atoms with Crippen LogP contribution in [0.5, 0.6) is 0 Å². The van der Waals surface area contributed by atoms with E-state index in [1.165, 1.54) is 0 Å². The van der Waals surface area contributed by atoms with Gasteiger partial charge in [0.2, 0.25) is 0 Å². The number of nitrogens with one attached hydrogen (secondary N) is 1. The van der Waals surface area contributed by atoms with Gasteiger partial charge in [0.05, 0.1) is 17.8 Å². The Labute approximate surface area is 143 Å². The first-order valence-corrected chi connectivity index (χ1v) is 9.42. The topological polar surface area (TPSA) is 46.9 Å². The molecule has 1 N–H and O–H groups in total. The van der Waals surface area contributed by atoms with Gasteiger partial charge in [0, 0.05) is 28.6 Å². The van der Waals surface area contributed by atoms with Crippen LogP contribution in [0.2, 0.25) is 0 Å². The summed E-state index contributed by atoms with van der Waals surface area (Å²) in [5.41, 5.74) is 2.82. The molecule has 0 spiro atoms. The van der Waals surface area contributed by atoms with E-state index in [2.05, 4.69) is 21.9 Å². The van der Waals surface area contributed by atoms with Crippen molar-refractivity contribution < 1.29 is 4.79 Å². The Balaban J connectivity index is 1.56. The molecule has 3 rings (SSSR count). The molecule has 0 fully saturated rings. The lowest BCUT2D eigenvalue weighted by Crippen LogP contribution is -2.27. The average molecular weight is 343 g/mol. The molecule has 6 heteroatoms. The van der Waals surface area contributed by atoms with E-state index in [1.807, 2.05) is 52.8 Å². The summed E-state index contributed by atoms with van der Waals surface area (Å²) >= 11 is 3.24. The van der Waals surface area contributed by atoms with E-state index in [0.717, 1.165) is 21.7 Å². The van der Waals surface area contributed by atoms with Crippen LogP contribution in [-0.2, 0) is 6.54 Å². The predicted octanol–water partition coefficient (Wildman–Crippen LogP) is 3.76. The molecule has 3 aromatic rings. The van der Waals surface area contributed by atoms with Crippen LogP contribution >= 0.6 is 23.1 Å². The minimum Gasteiger partial charge on any atom is -0.350 e. The number of amides is 1. The van der Waals surface area contributed by atoms with E-state index in [1.54, 1.807) is 23.1 Å². The Kier molecular flexibility index (Phi) is 5.15. The largest absolute Gasteiger partial charge is 0.350 e. The third kappa shape index (κ3) is 3.83. The monoisotopic (exact) mass is 343 g/mol. The van der Waals surface area contributed by atoms with E-state index in [9.17, 15) is 4.79 Å². The lowest BCUT2D eigenvalue weighted by molar-refractivity contribution is 0.0949. The molecule has 2 heterocycles. The highest BCUT2D eigenvalue weighted by Crippen LogP contribution is 2.20. The maximum atomic E-state index is 12.3. The zero-order chi connectivity index (χ0) is 16.1. The number of thiophene rings is 1. The zero-order valence-corrected chi connectivity index (χ0v) is 14.4. The molecule has 0 saturated carbocycles. The van der Waals surface area contributed by atoms with Crippen molar-refractivity contribution in [1.29, 1.82) is 0 Å². The molecule has 118 valence electrons. The second-order valence-corrected chi connectivity index (χ2v) is 6.56. The van der Waals surface area contributed by atoms with Crippen molar-refractivity contribution in [3.8, 4) is 11.3 Å². The van der Waals surface area contributed by atoms with Crippen LogP contribution < -0.4 is 5.32 Å². The van der Waals surface area contributed by atoms with Gasteiger partial charge in [0.1, 0.15) is 0 Å². The normalized spacial score (nSPS) is 10.7. The first kappa shape index (κ1) is 15.8. The van der Waals surface area contributed by atoms with Crippen molar-refractivity contribution in [3.63, 3.8) is 0 Å². The molecule has 0 aliphatic heterocycles. The van der Waals surface area contributed by atoms with E-state index in [0.29, 0.717) is 13.1 Å². The van der Waals surface area contributed by atoms with E-state index in [4.69, 9.17) is 0 Å². The van der Waals surface area contributed by atoms with Crippen LogP contribution in [0.25, 0.3) is 11.3 Å². The molecule has 0 radical (unpaired) electrons. The standard InChI is InChI=1S/C17H17N3OS2/c1-22-16-5-3-2-4-14(16)17(21)18-8-10-20-9-6-15(19-20)13-7-11-23-12-13/h2-7,9,11-12H,8,10H2,1H3,(H,18,21). The fourth-order valence-corrected chi connectivity index (χ4v) is 3.51. The minimum absolute atomic E-state index is 0.0415. The van der Waals surface area contributed by atoms with Gasteiger partial charge in [-0.15, -0.1) is 11.8 Å². The molecule has 1 aromatic carbocycles. The fourth-order valence-electron chi connectivity index (χ4n) is 2.26. The summed E-state index contributed by atoms with van der Waals surface area (Å²) in [7, 11) is 0. The summed E-state index contributed by atoms with van der Waals surface area (Å²) < 4.78 is 1.85. The third-order valence-electron chi connectivity index (χ3n) is 3.44. The molecule has 0 atom stereocenters. The summed E-state index contributed by atoms with van der Waals surface area (Å²) in [6.07, 6.45) is 3.91. The maximum absolute atomic E-state index is 12.3. The lowest BCUT2D eigenvalue weighted by Gasteiger charge is -2.08. The Hall–Kier alpha value is -2.05. The minimum atomic E-state index is -0.0415. The number of aromatic nitrogens is 2. The molecule has 0 aliphatic carbocycles. The van der Waals surface area contributed by atoms with Crippen molar-refractivity contribution in [3.05, 3.63) is 58.9 Å². The molecule has 0 aliphatic rings. The number of carbonyl (C=O) groups is 1. The fraction of sp³-hybridized carbons (Fsp3) is 0.176. The molecule has 23 heavy (non-hydrogen) atoms. The highest BCUT2D eigenvalue weighted by Gasteiger charge is 2.09. The van der Waals surface area contributed by atoms with Gasteiger partial charge in [-0.05, 0) is 35.9 Å². The lowest BCUT2D eigenvalue weighted by atomic mass is 10.2. The number of benzene rings is 1. The van der Waals surface area contributed by atoms with Crippen molar-refractivity contribution in [2.75, 3.05) is 12.8 Å². The smallest absolute Gasteiger partial charge is 0.252 e. The number of carbonyl (C=O) groups excluding carboxylic acids is 1. The summed E-state index contributed by atoms with van der Waals surface area (Å²) in [5, 5.41) is 11.6. The van der Waals surface area contributed by atoms with Gasteiger partial charge in [0.25, 0.3) is 5.91 Å². The molecule has 2 aromatic heterocycles. The molecule has 4 nitrogen and oxygen atoms in total. The van der Waals surface area contributed by atoms with Crippen LogP contribution in [0.15, 0.2) is 58.3 Å². The Morgan fingerprint density at radius 3 is 2.96 bits per heavy atom. The van der Waals surface area contributed by atoms with E-state index in [-0.39, 0.29) is 5.91 Å². The summed E-state index contributed by atoms with van der Waals surface area (Å²) in [6, 6.07) is 11.7. The van der Waals surface area contributed by atoms with Gasteiger partial charge < -0.3 is 5.32 Å². The van der Waals surface area contributed by atoms with Crippen molar-refractivity contribution >= 4 is 29.0 Å². The third-order valence-corrected chi connectivity index (χ3v) is 4.91. The van der Waals surface area contributed by atoms with Crippen molar-refractivity contribution in [1.82, 2.24) is 15.1 Å². The number of nitrogens with zero attached hydrogens (tertiary/aromatic N) is 2. The van der Waals surface area contributed by atoms with E-state index < -0.39 is 0 Å². The molecular formula is C17H17N3OS2. The highest BCUT2D eigenvalue weighted by atomic mass is 32.2. The quantitative estimate of drug-likeness (QED) is 0.693. The van der Waals surface area contributed by atoms with Gasteiger partial charge in [0.15, 0.2) is 0 Å². The molecule has 0 bridgehead atoms. The van der Waals surface area contributed by atoms with E-state index >= 15 is 0 Å². The first-order chi connectivity index (χ1) is 11.3. The summed E-state index contributed by atoms with van der Waals surface area (Å²) in [6.45, 7) is 1.20.